The van der Waals surface area contributed by atoms with Crippen LogP contribution in [0.25, 0.3) is 23.7 Å². The lowest BCUT2D eigenvalue weighted by Crippen LogP contribution is -1.90. The first-order chi connectivity index (χ1) is 10.6. The third-order valence-electron chi connectivity index (χ3n) is 3.05. The molecule has 0 N–H and O–H groups in total. The van der Waals surface area contributed by atoms with Gasteiger partial charge in [0.15, 0.2) is 11.6 Å². The Morgan fingerprint density at radius 2 is 1.95 bits per heavy atom. The fourth-order valence-electron chi connectivity index (χ4n) is 2.05. The highest BCUT2D eigenvalue weighted by Gasteiger charge is 2.06. The summed E-state index contributed by atoms with van der Waals surface area (Å²) in [5.74, 6) is 2.05. The third-order valence-corrected chi connectivity index (χ3v) is 3.05. The van der Waals surface area contributed by atoms with Crippen LogP contribution < -0.4 is 4.74 Å². The average Bonchev–Trinajstić information content (AvgIpc) is 3.13. The molecule has 112 valence electrons. The fraction of sp³-hybridized carbons (Fsp3) is 0.200. The molecule has 0 aliphatic rings. The minimum absolute atomic E-state index is 0.622. The van der Waals surface area contributed by atoms with Crippen molar-refractivity contribution in [3.8, 4) is 17.1 Å². The van der Waals surface area contributed by atoms with E-state index in [1.807, 2.05) is 32.2 Å². The van der Waals surface area contributed by atoms with Gasteiger partial charge in [-0.05, 0) is 30.7 Å². The van der Waals surface area contributed by atoms with Gasteiger partial charge in [0.2, 0.25) is 0 Å². The maximum absolute atomic E-state index is 5.28. The minimum Gasteiger partial charge on any atom is -0.497 e. The van der Waals surface area contributed by atoms with Gasteiger partial charge in [0.25, 0.3) is 0 Å². The number of ether oxygens (including phenoxy) is 1. The van der Waals surface area contributed by atoms with E-state index in [1.54, 1.807) is 41.4 Å². The lowest BCUT2D eigenvalue weighted by molar-refractivity contribution is 0.414. The second kappa shape index (κ2) is 5.80. The number of aryl methyl sites for hydroxylation is 2. The first kappa shape index (κ1) is 14.0. The summed E-state index contributed by atoms with van der Waals surface area (Å²) in [6, 6.07) is 5.90. The van der Waals surface area contributed by atoms with Crippen molar-refractivity contribution < 1.29 is 4.74 Å². The van der Waals surface area contributed by atoms with Crippen LogP contribution in [0.5, 0.6) is 5.75 Å². The smallest absolute Gasteiger partial charge is 0.181 e. The van der Waals surface area contributed by atoms with E-state index >= 15 is 0 Å². The van der Waals surface area contributed by atoms with Crippen molar-refractivity contribution in [1.82, 2.24) is 29.5 Å². The van der Waals surface area contributed by atoms with Crippen LogP contribution in [0.3, 0.4) is 0 Å². The second-order valence-corrected chi connectivity index (χ2v) is 4.88. The number of aromatic nitrogens is 6. The number of rotatable bonds is 4. The second-order valence-electron chi connectivity index (χ2n) is 4.88. The van der Waals surface area contributed by atoms with Crippen LogP contribution in [0.2, 0.25) is 0 Å². The molecule has 2 heterocycles. The molecule has 3 rings (SSSR count). The predicted molar refractivity (Wildman–Crippen MR) is 83.0 cm³/mol. The van der Waals surface area contributed by atoms with Crippen molar-refractivity contribution in [3.63, 3.8) is 0 Å². The fourth-order valence-corrected chi connectivity index (χ4v) is 2.05. The van der Waals surface area contributed by atoms with Crippen molar-refractivity contribution >= 4 is 12.3 Å². The Labute approximate surface area is 127 Å². The maximum atomic E-state index is 5.28. The summed E-state index contributed by atoms with van der Waals surface area (Å²) in [6.07, 6.45) is 6.82. The highest BCUT2D eigenvalue weighted by molar-refractivity contribution is 5.60. The van der Waals surface area contributed by atoms with Gasteiger partial charge in [0.1, 0.15) is 18.4 Å². The topological polar surface area (TPSA) is 70.7 Å². The van der Waals surface area contributed by atoms with Crippen molar-refractivity contribution in [1.29, 1.82) is 0 Å². The molecule has 0 spiro atoms. The zero-order valence-corrected chi connectivity index (χ0v) is 12.6. The molecule has 7 nitrogen and oxygen atoms in total. The summed E-state index contributed by atoms with van der Waals surface area (Å²) in [4.78, 5) is 8.44. The molecule has 0 aliphatic carbocycles. The summed E-state index contributed by atoms with van der Waals surface area (Å²) in [7, 11) is 3.47. The van der Waals surface area contributed by atoms with Gasteiger partial charge in [0.05, 0.1) is 7.11 Å². The molecule has 1 aromatic carbocycles. The predicted octanol–water partition coefficient (Wildman–Crippen LogP) is 2.02. The molecule has 0 atom stereocenters. The van der Waals surface area contributed by atoms with E-state index in [0.29, 0.717) is 11.6 Å². The van der Waals surface area contributed by atoms with E-state index in [0.717, 1.165) is 16.9 Å². The Morgan fingerprint density at radius 3 is 2.68 bits per heavy atom. The van der Waals surface area contributed by atoms with Gasteiger partial charge in [-0.3, -0.25) is 4.68 Å². The van der Waals surface area contributed by atoms with Crippen LogP contribution in [0, 0.1) is 6.92 Å². The zero-order valence-electron chi connectivity index (χ0n) is 12.6. The van der Waals surface area contributed by atoms with Gasteiger partial charge >= 0.3 is 0 Å². The van der Waals surface area contributed by atoms with Crippen LogP contribution in [0.4, 0.5) is 0 Å². The molecule has 7 heteroatoms. The van der Waals surface area contributed by atoms with E-state index in [1.165, 1.54) is 0 Å². The Balaban J connectivity index is 1.84. The van der Waals surface area contributed by atoms with E-state index in [4.69, 9.17) is 4.74 Å². The number of methoxy groups -OCH3 is 1. The normalized spacial score (nSPS) is 11.2. The minimum atomic E-state index is 0.622. The highest BCUT2D eigenvalue weighted by atomic mass is 16.5. The number of nitrogens with zero attached hydrogens (tertiary/aromatic N) is 6. The Morgan fingerprint density at radius 1 is 1.09 bits per heavy atom. The van der Waals surface area contributed by atoms with Crippen molar-refractivity contribution in [2.75, 3.05) is 7.11 Å². The molecule has 22 heavy (non-hydrogen) atoms. The summed E-state index contributed by atoms with van der Waals surface area (Å²) in [5.41, 5.74) is 2.01. The summed E-state index contributed by atoms with van der Waals surface area (Å²) in [6.45, 7) is 2.01. The number of hydrogen-bond donors (Lipinski definition) is 0. The largest absolute Gasteiger partial charge is 0.497 e. The molecule has 0 radical (unpaired) electrons. The summed E-state index contributed by atoms with van der Waals surface area (Å²) >= 11 is 0. The van der Waals surface area contributed by atoms with Gasteiger partial charge < -0.3 is 4.74 Å². The SMILES string of the molecule is COc1cc(C)cc(-c2ncn(/C=C\c3ncn(C)n3)n2)c1. The molecule has 0 aliphatic heterocycles. The van der Waals surface area contributed by atoms with Gasteiger partial charge in [-0.15, -0.1) is 5.10 Å². The van der Waals surface area contributed by atoms with Crippen molar-refractivity contribution in [3.05, 3.63) is 42.2 Å². The van der Waals surface area contributed by atoms with Gasteiger partial charge in [-0.1, -0.05) is 0 Å². The number of hydrogen-bond acceptors (Lipinski definition) is 5. The molecule has 0 fully saturated rings. The van der Waals surface area contributed by atoms with Crippen LogP contribution in [0.15, 0.2) is 30.9 Å². The summed E-state index contributed by atoms with van der Waals surface area (Å²) in [5, 5.41) is 8.59. The van der Waals surface area contributed by atoms with Gasteiger partial charge in [-0.2, -0.15) is 5.10 Å². The lowest BCUT2D eigenvalue weighted by atomic mass is 10.1. The lowest BCUT2D eigenvalue weighted by Gasteiger charge is -2.03. The van der Waals surface area contributed by atoms with E-state index in [2.05, 4.69) is 20.2 Å². The van der Waals surface area contributed by atoms with E-state index < -0.39 is 0 Å². The maximum Gasteiger partial charge on any atom is 0.181 e. The Kier molecular flexibility index (Phi) is 3.69. The van der Waals surface area contributed by atoms with Crippen molar-refractivity contribution in [2.45, 2.75) is 6.92 Å². The molecule has 0 saturated heterocycles. The number of benzene rings is 1. The van der Waals surface area contributed by atoms with Gasteiger partial charge in [0, 0.05) is 24.9 Å². The molecule has 0 amide bonds. The molecule has 3 aromatic rings. The standard InChI is InChI=1S/C15H16N6O/c1-11-6-12(8-13(7-11)22-3)15-17-10-21(19-15)5-4-14-16-9-20(2)18-14/h4-10H,1-3H3/b5-4-. The Bertz CT molecular complexity index is 817. The summed E-state index contributed by atoms with van der Waals surface area (Å²) < 4.78 is 8.55. The first-order valence-electron chi connectivity index (χ1n) is 6.75. The third kappa shape index (κ3) is 3.03. The van der Waals surface area contributed by atoms with E-state index in [-0.39, 0.29) is 0 Å². The molecule has 0 bridgehead atoms. The quantitative estimate of drug-likeness (QED) is 0.736. The average molecular weight is 296 g/mol. The highest BCUT2D eigenvalue weighted by Crippen LogP contribution is 2.23. The van der Waals surface area contributed by atoms with Crippen molar-refractivity contribution in [2.24, 2.45) is 7.05 Å². The van der Waals surface area contributed by atoms with E-state index in [9.17, 15) is 0 Å². The Hall–Kier alpha value is -2.96. The molecule has 0 saturated carbocycles. The van der Waals surface area contributed by atoms with Crippen LogP contribution in [-0.4, -0.2) is 36.6 Å². The molecule has 2 aromatic heterocycles. The molecular weight excluding hydrogens is 280 g/mol. The van der Waals surface area contributed by atoms with Crippen LogP contribution in [0.1, 0.15) is 11.4 Å². The monoisotopic (exact) mass is 296 g/mol. The molecular formula is C15H16N6O. The van der Waals surface area contributed by atoms with Crippen LogP contribution >= 0.6 is 0 Å². The van der Waals surface area contributed by atoms with Gasteiger partial charge in [-0.25, -0.2) is 14.6 Å². The first-order valence-corrected chi connectivity index (χ1v) is 6.75. The molecule has 0 unspecified atom stereocenters. The van der Waals surface area contributed by atoms with Crippen LogP contribution in [-0.2, 0) is 7.05 Å². The zero-order chi connectivity index (χ0) is 15.5.